The molecule has 0 amide bonds. The van der Waals surface area contributed by atoms with E-state index in [1.807, 2.05) is 0 Å². The van der Waals surface area contributed by atoms with Gasteiger partial charge in [-0.25, -0.2) is 4.21 Å². The van der Waals surface area contributed by atoms with E-state index in [0.717, 1.165) is 18.8 Å². The lowest BCUT2D eigenvalue weighted by Crippen LogP contribution is -2.38. The van der Waals surface area contributed by atoms with Crippen molar-refractivity contribution in [1.29, 1.82) is 0 Å². The second-order valence-electron chi connectivity index (χ2n) is 3.26. The lowest BCUT2D eigenvalue weighted by atomic mass is 11.6. The van der Waals surface area contributed by atoms with Gasteiger partial charge in [0.1, 0.15) is 0 Å². The van der Waals surface area contributed by atoms with Gasteiger partial charge in [0.25, 0.3) is 0 Å². The van der Waals surface area contributed by atoms with Gasteiger partial charge in [-0.1, -0.05) is 0 Å². The Morgan fingerprint density at radius 3 is 1.54 bits per heavy atom. The number of alkyl halides is 3. The van der Waals surface area contributed by atoms with Gasteiger partial charge in [-0.2, -0.15) is 34.6 Å². The van der Waals surface area contributed by atoms with Crippen molar-refractivity contribution in [2.75, 3.05) is 18.8 Å². The first-order valence-corrected chi connectivity index (χ1v) is 7.35. The van der Waals surface area contributed by atoms with Crippen LogP contribution in [0.3, 0.4) is 0 Å². The average molecular weight is 242 g/mol. The van der Waals surface area contributed by atoms with Crippen molar-refractivity contribution in [3.63, 3.8) is 0 Å². The van der Waals surface area contributed by atoms with Crippen molar-refractivity contribution in [1.82, 2.24) is 0 Å². The van der Waals surface area contributed by atoms with Crippen LogP contribution in [0, 0.1) is 0 Å². The van der Waals surface area contributed by atoms with Crippen molar-refractivity contribution >= 4 is 19.5 Å². The van der Waals surface area contributed by atoms with Crippen LogP contribution in [0.1, 0.15) is 0 Å². The lowest BCUT2D eigenvalue weighted by molar-refractivity contribution is -0.0498. The average Bonchev–Trinajstić information content (AvgIpc) is 1.48. The predicted molar refractivity (Wildman–Crippen MR) is 42.0 cm³/mol. The first kappa shape index (κ1) is 12.8. The molecule has 0 rings (SSSR count). The Hall–Kier alpha value is -0.150. The number of rotatable bonds is 2. The van der Waals surface area contributed by atoms with Gasteiger partial charge in [0, 0.05) is 18.8 Å². The maximum Gasteiger partial charge on any atom is 0.524 e. The maximum atomic E-state index is 11.7. The zero-order valence-corrected chi connectivity index (χ0v) is 8.72. The highest BCUT2D eigenvalue weighted by molar-refractivity contribution is 8.19. The summed E-state index contributed by atoms with van der Waals surface area (Å²) in [5, 5.41) is 0. The summed E-state index contributed by atoms with van der Waals surface area (Å²) in [5.41, 5.74) is -5.54. The van der Waals surface area contributed by atoms with Gasteiger partial charge in [0.05, 0.1) is 0 Å². The molecule has 0 atom stereocenters. The minimum atomic E-state index is -5.78. The molecule has 82 valence electrons. The second-order valence-corrected chi connectivity index (χ2v) is 9.76. The molecule has 0 radical (unpaired) electrons. The summed E-state index contributed by atoms with van der Waals surface area (Å²) in [6.07, 6.45) is 2.38. The van der Waals surface area contributed by atoms with Gasteiger partial charge in [-0.15, -0.1) is 0 Å². The van der Waals surface area contributed by atoms with Gasteiger partial charge in [-0.3, -0.25) is 0 Å². The van der Waals surface area contributed by atoms with Crippen molar-refractivity contribution < 1.29 is 29.4 Å². The standard InChI is InChI=1S/C4H9F3O4S2/c1-13(2,3,10)11-12(8,9)4(5,6)7/h1-3H3. The van der Waals surface area contributed by atoms with E-state index < -0.39 is 25.0 Å². The fourth-order valence-electron chi connectivity index (χ4n) is 0.344. The molecule has 0 saturated carbocycles. The Morgan fingerprint density at radius 2 is 1.46 bits per heavy atom. The summed E-state index contributed by atoms with van der Waals surface area (Å²) in [4.78, 5) is 0. The first-order chi connectivity index (χ1) is 5.21. The quantitative estimate of drug-likeness (QED) is 0.661. The number of hydrogen-bond acceptors (Lipinski definition) is 4. The van der Waals surface area contributed by atoms with Crippen LogP contribution in [0.15, 0.2) is 0 Å². The summed E-state index contributed by atoms with van der Waals surface area (Å²) < 4.78 is 70.5. The summed E-state index contributed by atoms with van der Waals surface area (Å²) in [6.45, 7) is 0. The van der Waals surface area contributed by atoms with Crippen LogP contribution < -0.4 is 0 Å². The summed E-state index contributed by atoms with van der Waals surface area (Å²) in [6, 6.07) is 0. The highest BCUT2D eigenvalue weighted by atomic mass is 32.3. The molecule has 0 aliphatic carbocycles. The molecule has 0 saturated heterocycles. The Bertz CT molecular complexity index is 348. The molecule has 0 N–H and O–H groups in total. The minimum absolute atomic E-state index is 0.792. The van der Waals surface area contributed by atoms with E-state index in [4.69, 9.17) is 0 Å². The van der Waals surface area contributed by atoms with Crippen molar-refractivity contribution in [3.8, 4) is 0 Å². The Labute approximate surface area is 73.8 Å². The van der Waals surface area contributed by atoms with Crippen LogP contribution >= 0.6 is 0 Å². The molecular formula is C4H9F3O4S2. The fraction of sp³-hybridized carbons (Fsp3) is 1.00. The zero-order chi connectivity index (χ0) is 11.2. The lowest BCUT2D eigenvalue weighted by Gasteiger charge is -2.33. The number of hydrogen-bond donors (Lipinski definition) is 0. The van der Waals surface area contributed by atoms with Gasteiger partial charge in [0.15, 0.2) is 0 Å². The van der Waals surface area contributed by atoms with Crippen LogP contribution in [0.4, 0.5) is 13.2 Å². The van der Waals surface area contributed by atoms with Crippen LogP contribution in [0.5, 0.6) is 0 Å². The molecule has 0 aromatic carbocycles. The molecule has 0 spiro atoms. The van der Waals surface area contributed by atoms with Gasteiger partial charge < -0.3 is 0 Å². The molecular weight excluding hydrogens is 233 g/mol. The normalized spacial score (nSPS) is 17.8. The molecule has 0 unspecified atom stereocenters. The molecule has 0 heterocycles. The molecule has 0 aromatic rings. The van der Waals surface area contributed by atoms with E-state index >= 15 is 0 Å². The van der Waals surface area contributed by atoms with E-state index in [1.54, 1.807) is 0 Å². The monoisotopic (exact) mass is 242 g/mol. The van der Waals surface area contributed by atoms with Crippen molar-refractivity contribution in [2.24, 2.45) is 0 Å². The topological polar surface area (TPSA) is 60.4 Å². The highest BCUT2D eigenvalue weighted by Gasteiger charge is 2.50. The molecule has 0 aromatic heterocycles. The van der Waals surface area contributed by atoms with E-state index in [9.17, 15) is 25.8 Å². The molecule has 13 heavy (non-hydrogen) atoms. The Morgan fingerprint density at radius 1 is 1.15 bits per heavy atom. The molecule has 9 heteroatoms. The SMILES string of the molecule is CS(C)(C)(=O)OS(=O)(=O)C(F)(F)F. The summed E-state index contributed by atoms with van der Waals surface area (Å²) >= 11 is 0. The molecule has 0 bridgehead atoms. The third kappa shape index (κ3) is 4.58. The van der Waals surface area contributed by atoms with Crippen molar-refractivity contribution in [3.05, 3.63) is 0 Å². The number of halogens is 3. The van der Waals surface area contributed by atoms with Crippen LogP contribution in [0.2, 0.25) is 0 Å². The zero-order valence-electron chi connectivity index (χ0n) is 7.08. The molecule has 0 aliphatic rings. The van der Waals surface area contributed by atoms with Gasteiger partial charge in [0.2, 0.25) is 0 Å². The minimum Gasteiger partial charge on any atom is -0.207 e. The summed E-state index contributed by atoms with van der Waals surface area (Å²) in [5.74, 6) is 0. The largest absolute Gasteiger partial charge is 0.524 e. The van der Waals surface area contributed by atoms with E-state index in [0.29, 0.717) is 0 Å². The Balaban J connectivity index is 5.10. The summed E-state index contributed by atoms with van der Waals surface area (Å²) in [7, 11) is -9.96. The molecule has 0 aliphatic heterocycles. The van der Waals surface area contributed by atoms with Crippen molar-refractivity contribution in [2.45, 2.75) is 5.51 Å². The maximum absolute atomic E-state index is 11.7. The van der Waals surface area contributed by atoms with Crippen LogP contribution in [-0.4, -0.2) is 36.9 Å². The van der Waals surface area contributed by atoms with Gasteiger partial charge in [-0.05, 0) is 0 Å². The smallest absolute Gasteiger partial charge is 0.207 e. The third-order valence-corrected chi connectivity index (χ3v) is 3.74. The second kappa shape index (κ2) is 2.67. The van der Waals surface area contributed by atoms with E-state index in [-0.39, 0.29) is 0 Å². The highest BCUT2D eigenvalue weighted by Crippen LogP contribution is 2.30. The third-order valence-electron chi connectivity index (χ3n) is 0.605. The van der Waals surface area contributed by atoms with E-state index in [2.05, 4.69) is 3.63 Å². The molecule has 0 fully saturated rings. The Kier molecular flexibility index (Phi) is 2.64. The first-order valence-electron chi connectivity index (χ1n) is 2.83. The van der Waals surface area contributed by atoms with Crippen LogP contribution in [0.25, 0.3) is 0 Å². The van der Waals surface area contributed by atoms with Gasteiger partial charge >= 0.3 is 15.6 Å². The predicted octanol–water partition coefficient (Wildman–Crippen LogP) is 0.477. The van der Waals surface area contributed by atoms with E-state index in [1.165, 1.54) is 0 Å². The molecule has 4 nitrogen and oxygen atoms in total. The fourth-order valence-corrected chi connectivity index (χ4v) is 3.09. The van der Waals surface area contributed by atoms with Crippen LogP contribution in [-0.2, 0) is 23.1 Å².